The Hall–Kier alpha value is -2.79. The number of carbonyl (C=O) groups excluding carboxylic acids is 2. The standard InChI is InChI=1S/C11H15NO.C11H17N.C11H14O.C6H8O.C5H6.CH4/c13-12-10-3-1-2-9-7-4-5-8(6-7)11(9)10;2*12-10-3-1-2-9-7-4-5-8(6-7)11(9)10;7-6-4-2-1-3-5-6;1-2-4-5-3-1;/h4-5,7-9,11,13H,1-3,6H2;4-5,7-11H,1-3,6,12H2;4-5,7-9,11H,1-3,6H2;2,4H,1,3,5H2;1-4H,5H2;1H4/b12-10+;;;;;/t7-,8+,9-,11+;7-,8+,9-,10?,11+;7-,8+,9-,11+;;;/m000.../s1. The van der Waals surface area contributed by atoms with Gasteiger partial charge in [0.05, 0.1) is 5.71 Å². The number of ketones is 2. The summed E-state index contributed by atoms with van der Waals surface area (Å²) in [5.74, 6) is 9.89. The molecule has 6 fully saturated rings. The Bertz CT molecular complexity index is 1390. The lowest BCUT2D eigenvalue weighted by molar-refractivity contribution is -0.127. The van der Waals surface area contributed by atoms with E-state index in [0.29, 0.717) is 35.5 Å². The van der Waals surface area contributed by atoms with E-state index in [1.807, 2.05) is 6.08 Å². The van der Waals surface area contributed by atoms with Gasteiger partial charge in [0.25, 0.3) is 0 Å². The van der Waals surface area contributed by atoms with Gasteiger partial charge in [-0.3, -0.25) is 9.59 Å². The molecule has 50 heavy (non-hydrogen) atoms. The van der Waals surface area contributed by atoms with Crippen LogP contribution in [0.1, 0.15) is 110 Å². The largest absolute Gasteiger partial charge is 0.411 e. The number of hydrogen-bond donors (Lipinski definition) is 2. The molecule has 0 amide bonds. The molecule has 0 heterocycles. The fraction of sp³-hybridized carbons (Fsp3) is 0.667. The van der Waals surface area contributed by atoms with Gasteiger partial charge in [0.15, 0.2) is 5.78 Å². The smallest absolute Gasteiger partial charge is 0.155 e. The monoisotopic (exact) mass is 680 g/mol. The SMILES string of the molecule is C.C1=CCC=C1.NC1CCC[C@@H]2[C@H]1[C@@H]1C=C[C@H]2C1.O/N=C1\CCC[C@@H]2[C@H]1[C@@H]1C=C[C@H]2C1.O=C1C=CCCC1.O=C1CCC[C@@H]2[C@H]1[C@@H]1C=C[C@H]2C1. The molecule has 5 heteroatoms. The number of hydrogen-bond acceptors (Lipinski definition) is 5. The molecule has 11 rings (SSSR count). The zero-order valence-corrected chi connectivity index (χ0v) is 29.5. The van der Waals surface area contributed by atoms with Gasteiger partial charge < -0.3 is 10.9 Å². The van der Waals surface area contributed by atoms with Crippen molar-refractivity contribution in [1.29, 1.82) is 0 Å². The molecule has 11 aliphatic carbocycles. The molecular formula is C45H64N2O3. The van der Waals surface area contributed by atoms with E-state index in [4.69, 9.17) is 10.9 Å². The lowest BCUT2D eigenvalue weighted by atomic mass is 9.71. The van der Waals surface area contributed by atoms with Crippen LogP contribution in [0.3, 0.4) is 0 Å². The molecule has 13 atom stereocenters. The molecule has 272 valence electrons. The molecule has 1 unspecified atom stereocenters. The van der Waals surface area contributed by atoms with E-state index in [0.717, 1.165) is 98.0 Å². The first-order valence-corrected chi connectivity index (χ1v) is 20.1. The second-order valence-corrected chi connectivity index (χ2v) is 16.8. The predicted molar refractivity (Wildman–Crippen MR) is 205 cm³/mol. The van der Waals surface area contributed by atoms with Crippen molar-refractivity contribution < 1.29 is 14.8 Å². The quantitative estimate of drug-likeness (QED) is 0.151. The first kappa shape index (κ1) is 37.0. The number of carbonyl (C=O) groups is 2. The van der Waals surface area contributed by atoms with Crippen molar-refractivity contribution in [3.8, 4) is 0 Å². The molecule has 0 saturated heterocycles. The van der Waals surface area contributed by atoms with Crippen LogP contribution >= 0.6 is 0 Å². The van der Waals surface area contributed by atoms with E-state index in [9.17, 15) is 9.59 Å². The number of allylic oxidation sites excluding steroid dienone is 12. The maximum absolute atomic E-state index is 11.6. The Balaban J connectivity index is 0.000000111. The van der Waals surface area contributed by atoms with E-state index in [1.54, 1.807) is 6.08 Å². The number of oxime groups is 1. The minimum absolute atomic E-state index is 0. The van der Waals surface area contributed by atoms with Gasteiger partial charge in [0, 0.05) is 30.7 Å². The van der Waals surface area contributed by atoms with Gasteiger partial charge in [-0.15, -0.1) is 0 Å². The third kappa shape index (κ3) is 7.98. The molecule has 0 aromatic heterocycles. The minimum atomic E-state index is 0. The first-order valence-electron chi connectivity index (χ1n) is 20.1. The Morgan fingerprint density at radius 1 is 0.620 bits per heavy atom. The highest BCUT2D eigenvalue weighted by Gasteiger charge is 2.50. The normalized spacial score (nSPS) is 43.0. The Kier molecular flexibility index (Phi) is 12.7. The van der Waals surface area contributed by atoms with E-state index in [1.165, 1.54) is 57.8 Å². The van der Waals surface area contributed by atoms with Crippen LogP contribution < -0.4 is 5.73 Å². The molecule has 11 aliphatic rings. The molecule has 0 spiro atoms. The second kappa shape index (κ2) is 17.2. The number of nitrogens with two attached hydrogens (primary N) is 1. The second-order valence-electron chi connectivity index (χ2n) is 16.8. The van der Waals surface area contributed by atoms with Crippen LogP contribution in [0.5, 0.6) is 0 Å². The molecule has 3 N–H and O–H groups in total. The summed E-state index contributed by atoms with van der Waals surface area (Å²) in [7, 11) is 0. The number of Topliss-reactive ketones (excluding diaryl/α,β-unsaturated/α-hetero) is 1. The summed E-state index contributed by atoms with van der Waals surface area (Å²) < 4.78 is 0. The van der Waals surface area contributed by atoms with Crippen LogP contribution in [0, 0.1) is 71.0 Å². The first-order chi connectivity index (χ1) is 24.0. The predicted octanol–water partition coefficient (Wildman–Crippen LogP) is 9.99. The summed E-state index contributed by atoms with van der Waals surface area (Å²) in [6.07, 6.45) is 45.3. The molecule has 0 aromatic rings. The van der Waals surface area contributed by atoms with Crippen molar-refractivity contribution in [2.45, 2.75) is 116 Å². The zero-order chi connectivity index (χ0) is 33.7. The lowest BCUT2D eigenvalue weighted by Crippen LogP contribution is -2.40. The van der Waals surface area contributed by atoms with Gasteiger partial charge in [-0.2, -0.15) is 0 Å². The summed E-state index contributed by atoms with van der Waals surface area (Å²) in [5.41, 5.74) is 7.25. The summed E-state index contributed by atoms with van der Waals surface area (Å²) in [6, 6.07) is 0.517. The topological polar surface area (TPSA) is 92.8 Å². The van der Waals surface area contributed by atoms with Gasteiger partial charge in [-0.1, -0.05) is 85.8 Å². The number of nitrogens with zero attached hydrogens (tertiary/aromatic N) is 1. The molecule has 0 aromatic carbocycles. The van der Waals surface area contributed by atoms with E-state index in [-0.39, 0.29) is 13.2 Å². The Morgan fingerprint density at radius 2 is 1.20 bits per heavy atom. The summed E-state index contributed by atoms with van der Waals surface area (Å²) in [6.45, 7) is 0. The third-order valence-corrected chi connectivity index (χ3v) is 14.1. The van der Waals surface area contributed by atoms with Gasteiger partial charge in [-0.05, 0) is 149 Å². The molecule has 0 aliphatic heterocycles. The van der Waals surface area contributed by atoms with Crippen molar-refractivity contribution in [2.75, 3.05) is 0 Å². The van der Waals surface area contributed by atoms with Crippen LogP contribution in [-0.4, -0.2) is 28.5 Å². The molecule has 6 bridgehead atoms. The van der Waals surface area contributed by atoms with Crippen molar-refractivity contribution in [1.82, 2.24) is 0 Å². The average molecular weight is 681 g/mol. The van der Waals surface area contributed by atoms with Crippen LogP contribution in [0.15, 0.2) is 78.1 Å². The van der Waals surface area contributed by atoms with Crippen LogP contribution in [-0.2, 0) is 9.59 Å². The number of fused-ring (bicyclic) bond motifs is 15. The minimum Gasteiger partial charge on any atom is -0.411 e. The highest BCUT2D eigenvalue weighted by Crippen LogP contribution is 2.55. The summed E-state index contributed by atoms with van der Waals surface area (Å²) in [4.78, 5) is 22.0. The highest BCUT2D eigenvalue weighted by atomic mass is 16.4. The number of rotatable bonds is 0. The average Bonchev–Trinajstić information content (AvgIpc) is 4.00. The third-order valence-electron chi connectivity index (χ3n) is 14.1. The van der Waals surface area contributed by atoms with Gasteiger partial charge in [-0.25, -0.2) is 0 Å². The van der Waals surface area contributed by atoms with E-state index >= 15 is 0 Å². The molecule has 0 radical (unpaired) electrons. The van der Waals surface area contributed by atoms with Gasteiger partial charge in [0.2, 0.25) is 0 Å². The molecule has 6 saturated carbocycles. The van der Waals surface area contributed by atoms with E-state index < -0.39 is 0 Å². The Morgan fingerprint density at radius 3 is 1.76 bits per heavy atom. The maximum Gasteiger partial charge on any atom is 0.155 e. The Labute approximate surface area is 302 Å². The lowest BCUT2D eigenvalue weighted by Gasteiger charge is -2.37. The fourth-order valence-corrected chi connectivity index (χ4v) is 12.0. The van der Waals surface area contributed by atoms with Crippen molar-refractivity contribution in [3.63, 3.8) is 0 Å². The van der Waals surface area contributed by atoms with Gasteiger partial charge >= 0.3 is 0 Å². The van der Waals surface area contributed by atoms with Crippen molar-refractivity contribution in [3.05, 3.63) is 72.9 Å². The molecule has 5 nitrogen and oxygen atoms in total. The zero-order valence-electron chi connectivity index (χ0n) is 29.5. The van der Waals surface area contributed by atoms with Crippen molar-refractivity contribution in [2.24, 2.45) is 81.9 Å². The molecular weight excluding hydrogens is 617 g/mol. The fourth-order valence-electron chi connectivity index (χ4n) is 12.0. The summed E-state index contributed by atoms with van der Waals surface area (Å²) in [5, 5.41) is 12.4. The maximum atomic E-state index is 11.6. The van der Waals surface area contributed by atoms with Crippen LogP contribution in [0.4, 0.5) is 0 Å². The van der Waals surface area contributed by atoms with Crippen LogP contribution in [0.2, 0.25) is 0 Å². The highest BCUT2D eigenvalue weighted by molar-refractivity contribution is 5.90. The van der Waals surface area contributed by atoms with Gasteiger partial charge in [0.1, 0.15) is 5.78 Å². The van der Waals surface area contributed by atoms with Crippen LogP contribution in [0.25, 0.3) is 0 Å². The summed E-state index contributed by atoms with van der Waals surface area (Å²) >= 11 is 0. The van der Waals surface area contributed by atoms with Crippen molar-refractivity contribution >= 4 is 17.3 Å². The van der Waals surface area contributed by atoms with E-state index in [2.05, 4.69) is 65.9 Å².